The van der Waals surface area contributed by atoms with Gasteiger partial charge in [0.05, 0.1) is 17.5 Å². The Labute approximate surface area is 187 Å². The van der Waals surface area contributed by atoms with Crippen LogP contribution in [0, 0.1) is 5.82 Å². The number of aromatic nitrogens is 4. The van der Waals surface area contributed by atoms with Crippen LogP contribution in [0.4, 0.5) is 10.2 Å². The summed E-state index contributed by atoms with van der Waals surface area (Å²) in [5, 5.41) is 29.6. The highest BCUT2D eigenvalue weighted by atomic mass is 19.1. The molecule has 2 aromatic heterocycles. The van der Waals surface area contributed by atoms with Gasteiger partial charge in [0, 0.05) is 35.9 Å². The lowest BCUT2D eigenvalue weighted by Gasteiger charge is -2.55. The van der Waals surface area contributed by atoms with Crippen LogP contribution in [-0.2, 0) is 0 Å². The van der Waals surface area contributed by atoms with Crippen molar-refractivity contribution < 1.29 is 9.50 Å². The Kier molecular flexibility index (Phi) is 4.93. The van der Waals surface area contributed by atoms with Crippen LogP contribution in [0.2, 0.25) is 0 Å². The van der Waals surface area contributed by atoms with E-state index in [9.17, 15) is 9.50 Å². The van der Waals surface area contributed by atoms with Crippen molar-refractivity contribution >= 4 is 5.82 Å². The number of benzene rings is 1. The lowest BCUT2D eigenvalue weighted by atomic mass is 9.69. The Morgan fingerprint density at radius 2 is 1.84 bits per heavy atom. The van der Waals surface area contributed by atoms with Crippen molar-refractivity contribution in [1.82, 2.24) is 25.7 Å². The molecule has 2 fully saturated rings. The number of hydrogen-bond donors (Lipinski definition) is 3. The molecule has 2 aliphatic rings. The van der Waals surface area contributed by atoms with E-state index in [2.05, 4.69) is 51.5 Å². The van der Waals surface area contributed by atoms with Gasteiger partial charge in [-0.05, 0) is 75.8 Å². The Morgan fingerprint density at radius 1 is 1.09 bits per heavy atom. The van der Waals surface area contributed by atoms with Crippen LogP contribution < -0.4 is 10.2 Å². The van der Waals surface area contributed by atoms with E-state index in [-0.39, 0.29) is 22.4 Å². The number of halogens is 1. The summed E-state index contributed by atoms with van der Waals surface area (Å²) in [7, 11) is 2.06. The molecule has 2 bridgehead atoms. The number of aromatic hydroxyl groups is 1. The molecule has 8 heteroatoms. The van der Waals surface area contributed by atoms with Crippen molar-refractivity contribution in [2.45, 2.75) is 63.1 Å². The third-order valence-electron chi connectivity index (χ3n) is 7.15. The molecule has 168 valence electrons. The lowest BCUT2D eigenvalue weighted by Crippen LogP contribution is -2.66. The van der Waals surface area contributed by atoms with E-state index in [0.717, 1.165) is 18.7 Å². The van der Waals surface area contributed by atoms with Crippen LogP contribution in [0.25, 0.3) is 22.4 Å². The normalized spacial score (nSPS) is 27.3. The van der Waals surface area contributed by atoms with Gasteiger partial charge < -0.3 is 15.3 Å². The number of nitrogens with zero attached hydrogens (tertiary/aromatic N) is 4. The van der Waals surface area contributed by atoms with Gasteiger partial charge in [0.25, 0.3) is 0 Å². The molecule has 7 nitrogen and oxygen atoms in total. The summed E-state index contributed by atoms with van der Waals surface area (Å²) in [4.78, 5) is 2.19. The van der Waals surface area contributed by atoms with Gasteiger partial charge in [-0.1, -0.05) is 0 Å². The fraction of sp³-hybridized carbons (Fsp3) is 0.458. The van der Waals surface area contributed by atoms with E-state index in [1.807, 2.05) is 6.07 Å². The first-order valence-electron chi connectivity index (χ1n) is 11.1. The number of anilines is 1. The molecule has 1 aromatic carbocycles. The first kappa shape index (κ1) is 20.9. The minimum Gasteiger partial charge on any atom is -0.507 e. The van der Waals surface area contributed by atoms with E-state index < -0.39 is 5.82 Å². The quantitative estimate of drug-likeness (QED) is 0.566. The first-order valence-corrected chi connectivity index (χ1v) is 11.1. The van der Waals surface area contributed by atoms with Gasteiger partial charge in [0.15, 0.2) is 5.82 Å². The summed E-state index contributed by atoms with van der Waals surface area (Å²) in [5.41, 5.74) is 1.88. The number of aromatic amines is 1. The molecule has 0 aliphatic carbocycles. The third kappa shape index (κ3) is 3.72. The molecular weight excluding hydrogens is 407 g/mol. The highest BCUT2D eigenvalue weighted by Gasteiger charge is 2.46. The van der Waals surface area contributed by atoms with Gasteiger partial charge in [0.2, 0.25) is 0 Å². The predicted molar refractivity (Wildman–Crippen MR) is 122 cm³/mol. The highest BCUT2D eigenvalue weighted by Crippen LogP contribution is 2.42. The van der Waals surface area contributed by atoms with Crippen LogP contribution in [0.1, 0.15) is 46.0 Å². The largest absolute Gasteiger partial charge is 0.507 e. The van der Waals surface area contributed by atoms with E-state index in [4.69, 9.17) is 0 Å². The molecule has 0 unspecified atom stereocenters. The second-order valence-electron chi connectivity index (χ2n) is 9.89. The number of hydrogen-bond acceptors (Lipinski definition) is 6. The maximum Gasteiger partial charge on any atom is 0.151 e. The van der Waals surface area contributed by atoms with Crippen molar-refractivity contribution in [2.24, 2.45) is 0 Å². The monoisotopic (exact) mass is 436 g/mol. The second-order valence-corrected chi connectivity index (χ2v) is 9.89. The summed E-state index contributed by atoms with van der Waals surface area (Å²) in [6, 6.07) is 6.82. The second kappa shape index (κ2) is 7.55. The minimum atomic E-state index is -0.552. The van der Waals surface area contributed by atoms with Gasteiger partial charge in [0.1, 0.15) is 11.6 Å². The average molecular weight is 437 g/mol. The fourth-order valence-electron chi connectivity index (χ4n) is 5.67. The standard InChI is InChI=1S/C24H29FN6O/c1-23-7-4-8-24(2,30-23)12-17(11-23)31(3)21-6-5-19(28-29-21)22-18(25)9-15(10-20(22)32)16-13-26-27-14-16/h5-6,9-10,13-14,17,30,32H,4,7-8,11-12H2,1-3H3,(H,26,27)/t17-,23-,24+. The molecule has 0 saturated carbocycles. The Bertz CT molecular complexity index is 1080. The molecule has 4 heterocycles. The SMILES string of the molecule is CN(c1ccc(-c2c(O)cc(-c3cn[nH]c3)cc2F)nn1)[C@H]1C[C@]2(C)CCC[C@](C)(C1)N2. The summed E-state index contributed by atoms with van der Waals surface area (Å²) in [6.07, 6.45) is 8.96. The molecule has 2 saturated heterocycles. The Hall–Kier alpha value is -3.00. The van der Waals surface area contributed by atoms with E-state index in [0.29, 0.717) is 22.9 Å². The maximum absolute atomic E-state index is 14.9. The first-order chi connectivity index (χ1) is 15.3. The lowest BCUT2D eigenvalue weighted by molar-refractivity contribution is 0.0784. The molecule has 3 N–H and O–H groups in total. The number of phenols is 1. The summed E-state index contributed by atoms with van der Waals surface area (Å²) < 4.78 is 14.9. The molecule has 5 rings (SSSR count). The average Bonchev–Trinajstić information content (AvgIpc) is 3.27. The van der Waals surface area contributed by atoms with E-state index in [1.54, 1.807) is 18.5 Å². The predicted octanol–water partition coefficient (Wildman–Crippen LogP) is 4.27. The number of H-pyrrole nitrogens is 1. The van der Waals surface area contributed by atoms with Crippen LogP contribution in [-0.4, -0.2) is 49.7 Å². The summed E-state index contributed by atoms with van der Waals surface area (Å²) in [5.74, 6) is 0.0214. The Balaban J connectivity index is 1.39. The molecule has 32 heavy (non-hydrogen) atoms. The molecule has 3 aromatic rings. The van der Waals surface area contributed by atoms with Crippen molar-refractivity contribution in [3.8, 4) is 28.1 Å². The zero-order valence-electron chi connectivity index (χ0n) is 18.7. The van der Waals surface area contributed by atoms with Gasteiger partial charge in [-0.2, -0.15) is 5.10 Å². The number of fused-ring (bicyclic) bond motifs is 2. The maximum atomic E-state index is 14.9. The van der Waals surface area contributed by atoms with Crippen LogP contribution in [0.15, 0.2) is 36.7 Å². The van der Waals surface area contributed by atoms with Crippen LogP contribution in [0.5, 0.6) is 5.75 Å². The molecular formula is C24H29FN6O. The number of rotatable bonds is 4. The van der Waals surface area contributed by atoms with Crippen LogP contribution >= 0.6 is 0 Å². The van der Waals surface area contributed by atoms with Gasteiger partial charge in [-0.15, -0.1) is 10.2 Å². The molecule has 3 atom stereocenters. The van der Waals surface area contributed by atoms with Crippen molar-refractivity contribution in [1.29, 1.82) is 0 Å². The molecule has 0 amide bonds. The topological polar surface area (TPSA) is 90.0 Å². The number of nitrogens with one attached hydrogen (secondary N) is 2. The van der Waals surface area contributed by atoms with Gasteiger partial charge in [-0.3, -0.25) is 5.10 Å². The summed E-state index contributed by atoms with van der Waals surface area (Å²) in [6.45, 7) is 4.63. The van der Waals surface area contributed by atoms with Gasteiger partial charge >= 0.3 is 0 Å². The molecule has 2 aliphatic heterocycles. The van der Waals surface area contributed by atoms with E-state index in [1.165, 1.54) is 31.4 Å². The number of phenolic OH excluding ortho intramolecular Hbond substituents is 1. The van der Waals surface area contributed by atoms with Crippen molar-refractivity contribution in [3.63, 3.8) is 0 Å². The highest BCUT2D eigenvalue weighted by molar-refractivity contribution is 5.74. The third-order valence-corrected chi connectivity index (χ3v) is 7.15. The van der Waals surface area contributed by atoms with E-state index >= 15 is 0 Å². The number of piperidine rings is 2. The van der Waals surface area contributed by atoms with Crippen molar-refractivity contribution in [2.75, 3.05) is 11.9 Å². The molecule has 0 radical (unpaired) electrons. The molecule has 0 spiro atoms. The zero-order valence-corrected chi connectivity index (χ0v) is 18.7. The smallest absolute Gasteiger partial charge is 0.151 e. The minimum absolute atomic E-state index is 0.0513. The fourth-order valence-corrected chi connectivity index (χ4v) is 5.67. The van der Waals surface area contributed by atoms with Crippen LogP contribution in [0.3, 0.4) is 0 Å². The van der Waals surface area contributed by atoms with Crippen molar-refractivity contribution in [3.05, 3.63) is 42.5 Å². The van der Waals surface area contributed by atoms with Gasteiger partial charge in [-0.25, -0.2) is 4.39 Å². The summed E-state index contributed by atoms with van der Waals surface area (Å²) >= 11 is 0. The zero-order chi connectivity index (χ0) is 22.5. The Morgan fingerprint density at radius 3 is 2.44 bits per heavy atom.